The molecule has 1 fully saturated rings. The molecule has 0 saturated carbocycles. The first-order chi connectivity index (χ1) is 17.8. The summed E-state index contributed by atoms with van der Waals surface area (Å²) in [4.78, 5) is 25.0. The minimum absolute atomic E-state index is 0.0872. The number of anilines is 1. The van der Waals surface area contributed by atoms with Gasteiger partial charge >= 0.3 is 0 Å². The molecule has 3 N–H and O–H groups in total. The van der Waals surface area contributed by atoms with Crippen LogP contribution in [0.4, 0.5) is 5.69 Å². The fourth-order valence-electron chi connectivity index (χ4n) is 4.91. The number of amides is 1. The van der Waals surface area contributed by atoms with Crippen molar-refractivity contribution in [3.63, 3.8) is 0 Å². The second kappa shape index (κ2) is 10.2. The maximum absolute atomic E-state index is 13.8. The molecule has 9 nitrogen and oxygen atoms in total. The molecule has 1 saturated heterocycles. The van der Waals surface area contributed by atoms with Crippen LogP contribution in [0.2, 0.25) is 0 Å². The van der Waals surface area contributed by atoms with E-state index in [2.05, 4.69) is 15.7 Å². The average Bonchev–Trinajstić information content (AvgIpc) is 3.52. The fourth-order valence-corrected chi connectivity index (χ4v) is 4.91. The molecule has 192 valence electrons. The van der Waals surface area contributed by atoms with Crippen LogP contribution >= 0.6 is 0 Å². The van der Waals surface area contributed by atoms with Crippen molar-refractivity contribution in [2.24, 2.45) is 0 Å². The fraction of sp³-hybridized carbons (Fsp3) is 0.357. The minimum atomic E-state index is -0.161. The third kappa shape index (κ3) is 5.13. The predicted octanol–water partition coefficient (Wildman–Crippen LogP) is 3.88. The van der Waals surface area contributed by atoms with Crippen molar-refractivity contribution in [1.82, 2.24) is 30.0 Å². The van der Waals surface area contributed by atoms with Gasteiger partial charge in [-0.05, 0) is 70.1 Å². The van der Waals surface area contributed by atoms with Gasteiger partial charge in [0, 0.05) is 60.7 Å². The Morgan fingerprint density at radius 3 is 2.73 bits per heavy atom. The summed E-state index contributed by atoms with van der Waals surface area (Å²) < 4.78 is 1.92. The smallest absolute Gasteiger partial charge is 0.254 e. The number of nitrogens with one attached hydrogen (secondary N) is 2. The Kier molecular flexibility index (Phi) is 6.80. The Morgan fingerprint density at radius 2 is 2.00 bits per heavy atom. The number of phenols is 1. The third-order valence-corrected chi connectivity index (χ3v) is 6.93. The molecule has 1 aliphatic rings. The summed E-state index contributed by atoms with van der Waals surface area (Å²) in [7, 11) is 1.78. The van der Waals surface area contributed by atoms with Crippen molar-refractivity contribution < 1.29 is 9.90 Å². The van der Waals surface area contributed by atoms with Crippen LogP contribution in [0.3, 0.4) is 0 Å². The van der Waals surface area contributed by atoms with Gasteiger partial charge in [0.2, 0.25) is 0 Å². The number of hydrogen-bond donors (Lipinski definition) is 3. The Bertz CT molecular complexity index is 1460. The standard InChI is InChI=1S/C28H33N7O2/c1-5-35-18(3)19(14-30-35)16-34(4)28(37)24-13-27(33-25-7-6-22(36)12-23(24)25)26-11-21(10-17(2)31-26)32-20-8-9-29-15-20/h6-7,10-14,20,29,36H,5,8-9,15-16H2,1-4H3,(H,31,32)/t20-/m1/s1. The number of carbonyl (C=O) groups excluding carboxylic acids is 1. The van der Waals surface area contributed by atoms with E-state index in [1.54, 1.807) is 36.2 Å². The van der Waals surface area contributed by atoms with Gasteiger partial charge in [0.15, 0.2) is 0 Å². The highest BCUT2D eigenvalue weighted by molar-refractivity contribution is 6.07. The van der Waals surface area contributed by atoms with E-state index in [1.165, 1.54) is 0 Å². The zero-order valence-corrected chi connectivity index (χ0v) is 21.7. The lowest BCUT2D eigenvalue weighted by atomic mass is 10.0. The highest BCUT2D eigenvalue weighted by Crippen LogP contribution is 2.29. The Balaban J connectivity index is 1.53. The second-order valence-corrected chi connectivity index (χ2v) is 9.71. The summed E-state index contributed by atoms with van der Waals surface area (Å²) in [6.45, 7) is 9.15. The molecule has 1 aliphatic heterocycles. The Morgan fingerprint density at radius 1 is 1.19 bits per heavy atom. The topological polar surface area (TPSA) is 108 Å². The summed E-state index contributed by atoms with van der Waals surface area (Å²) in [5, 5.41) is 22.1. The molecule has 1 aromatic carbocycles. The van der Waals surface area contributed by atoms with E-state index in [9.17, 15) is 9.90 Å². The van der Waals surface area contributed by atoms with Crippen molar-refractivity contribution in [3.05, 3.63) is 65.1 Å². The number of carbonyl (C=O) groups is 1. The highest BCUT2D eigenvalue weighted by atomic mass is 16.3. The largest absolute Gasteiger partial charge is 0.508 e. The van der Waals surface area contributed by atoms with E-state index in [1.807, 2.05) is 43.8 Å². The van der Waals surface area contributed by atoms with Crippen LogP contribution in [0.25, 0.3) is 22.3 Å². The van der Waals surface area contributed by atoms with E-state index in [0.717, 1.165) is 48.7 Å². The molecule has 4 heterocycles. The molecule has 1 atom stereocenters. The zero-order valence-electron chi connectivity index (χ0n) is 21.7. The molecule has 0 bridgehead atoms. The summed E-state index contributed by atoms with van der Waals surface area (Å²) in [5.41, 5.74) is 6.29. The van der Waals surface area contributed by atoms with Crippen molar-refractivity contribution in [3.8, 4) is 17.1 Å². The van der Waals surface area contributed by atoms with Gasteiger partial charge in [-0.15, -0.1) is 0 Å². The molecule has 0 aliphatic carbocycles. The summed E-state index contributed by atoms with van der Waals surface area (Å²) in [5.74, 6) is -0.0740. The minimum Gasteiger partial charge on any atom is -0.508 e. The van der Waals surface area contributed by atoms with Crippen molar-refractivity contribution >= 4 is 22.5 Å². The third-order valence-electron chi connectivity index (χ3n) is 6.93. The number of pyridine rings is 2. The zero-order chi connectivity index (χ0) is 26.1. The van der Waals surface area contributed by atoms with Crippen LogP contribution in [-0.4, -0.2) is 61.8 Å². The molecule has 5 rings (SSSR count). The van der Waals surface area contributed by atoms with Crippen LogP contribution in [0.5, 0.6) is 5.75 Å². The number of phenolic OH excluding ortho intramolecular Hbond substituents is 1. The van der Waals surface area contributed by atoms with E-state index in [-0.39, 0.29) is 11.7 Å². The lowest BCUT2D eigenvalue weighted by molar-refractivity contribution is 0.0787. The van der Waals surface area contributed by atoms with E-state index in [0.29, 0.717) is 40.4 Å². The van der Waals surface area contributed by atoms with Gasteiger partial charge in [-0.3, -0.25) is 14.5 Å². The quantitative estimate of drug-likeness (QED) is 0.354. The normalized spacial score (nSPS) is 15.3. The van der Waals surface area contributed by atoms with E-state index in [4.69, 9.17) is 9.97 Å². The monoisotopic (exact) mass is 499 g/mol. The van der Waals surface area contributed by atoms with Crippen molar-refractivity contribution in [2.45, 2.75) is 46.3 Å². The van der Waals surface area contributed by atoms with Crippen molar-refractivity contribution in [2.75, 3.05) is 25.5 Å². The summed E-state index contributed by atoms with van der Waals surface area (Å²) >= 11 is 0. The summed E-state index contributed by atoms with van der Waals surface area (Å²) in [6, 6.07) is 11.1. The van der Waals surface area contributed by atoms with Crippen LogP contribution in [0.15, 0.2) is 42.6 Å². The molecule has 0 radical (unpaired) electrons. The number of aryl methyl sites for hydroxylation is 2. The average molecular weight is 500 g/mol. The SMILES string of the molecule is CCn1ncc(CN(C)C(=O)c2cc(-c3cc(N[C@@H]4CCNC4)cc(C)n3)nc3ccc(O)cc23)c1C. The molecular weight excluding hydrogens is 466 g/mol. The number of benzene rings is 1. The second-order valence-electron chi connectivity index (χ2n) is 9.71. The molecule has 3 aromatic heterocycles. The number of aromatic hydroxyl groups is 1. The van der Waals surface area contributed by atoms with Crippen LogP contribution in [-0.2, 0) is 13.1 Å². The van der Waals surface area contributed by atoms with Crippen molar-refractivity contribution in [1.29, 1.82) is 0 Å². The van der Waals surface area contributed by atoms with Gasteiger partial charge in [-0.25, -0.2) is 4.98 Å². The van der Waals surface area contributed by atoms with Gasteiger partial charge < -0.3 is 20.6 Å². The molecule has 0 unspecified atom stereocenters. The summed E-state index contributed by atoms with van der Waals surface area (Å²) in [6.07, 6.45) is 2.88. The molecule has 37 heavy (non-hydrogen) atoms. The first kappa shape index (κ1) is 24.7. The predicted molar refractivity (Wildman–Crippen MR) is 145 cm³/mol. The molecule has 1 amide bonds. The van der Waals surface area contributed by atoms with Gasteiger partial charge in [0.1, 0.15) is 5.75 Å². The number of hydrogen-bond acceptors (Lipinski definition) is 7. The molecular formula is C28H33N7O2. The first-order valence-electron chi connectivity index (χ1n) is 12.7. The van der Waals surface area contributed by atoms with Crippen LogP contribution in [0.1, 0.15) is 40.7 Å². The molecule has 9 heteroatoms. The maximum atomic E-state index is 13.8. The number of aromatic nitrogens is 4. The van der Waals surface area contributed by atoms with Gasteiger partial charge in [0.05, 0.1) is 28.7 Å². The van der Waals surface area contributed by atoms with Gasteiger partial charge in [-0.1, -0.05) is 0 Å². The van der Waals surface area contributed by atoms with Gasteiger partial charge in [0.25, 0.3) is 5.91 Å². The lowest BCUT2D eigenvalue weighted by Crippen LogP contribution is -2.27. The Hall–Kier alpha value is -3.98. The molecule has 0 spiro atoms. The number of nitrogens with zero attached hydrogens (tertiary/aromatic N) is 5. The lowest BCUT2D eigenvalue weighted by Gasteiger charge is -2.19. The number of rotatable bonds is 7. The maximum Gasteiger partial charge on any atom is 0.254 e. The van der Waals surface area contributed by atoms with Crippen LogP contribution < -0.4 is 10.6 Å². The highest BCUT2D eigenvalue weighted by Gasteiger charge is 2.21. The first-order valence-corrected chi connectivity index (χ1v) is 12.7. The molecule has 4 aromatic rings. The number of fused-ring (bicyclic) bond motifs is 1. The van der Waals surface area contributed by atoms with Gasteiger partial charge in [-0.2, -0.15) is 5.10 Å². The Labute approximate surface area is 216 Å². The van der Waals surface area contributed by atoms with E-state index < -0.39 is 0 Å². The van der Waals surface area contributed by atoms with Crippen LogP contribution in [0, 0.1) is 13.8 Å². The van der Waals surface area contributed by atoms with E-state index >= 15 is 0 Å².